The third kappa shape index (κ3) is 3.44. The lowest BCUT2D eigenvalue weighted by Gasteiger charge is -2.34. The van der Waals surface area contributed by atoms with Gasteiger partial charge in [-0.05, 0) is 48.8 Å². The molecule has 1 heteroatoms. The Labute approximate surface area is 125 Å². The summed E-state index contributed by atoms with van der Waals surface area (Å²) in [5.74, 6) is 1.58. The minimum atomic E-state index is 0.543. The summed E-state index contributed by atoms with van der Waals surface area (Å²) in [6.45, 7) is 8.05. The van der Waals surface area contributed by atoms with Gasteiger partial charge in [0.05, 0.1) is 0 Å². The highest BCUT2D eigenvalue weighted by Crippen LogP contribution is 2.41. The Morgan fingerprint density at radius 2 is 1.80 bits per heavy atom. The molecule has 1 nitrogen and oxygen atoms in total. The predicted octanol–water partition coefficient (Wildman–Crippen LogP) is 5.43. The fourth-order valence-corrected chi connectivity index (χ4v) is 3.48. The molecule has 112 valence electrons. The number of rotatable bonds is 8. The molecule has 0 bridgehead atoms. The Balaban J connectivity index is 2.26. The van der Waals surface area contributed by atoms with E-state index in [9.17, 15) is 0 Å². The molecule has 2 rings (SSSR count). The Bertz CT molecular complexity index is 391. The summed E-state index contributed by atoms with van der Waals surface area (Å²) in [7, 11) is 0. The summed E-state index contributed by atoms with van der Waals surface area (Å²) in [6, 6.07) is 9.74. The van der Waals surface area contributed by atoms with Gasteiger partial charge in [-0.15, -0.1) is 0 Å². The lowest BCUT2D eigenvalue weighted by Crippen LogP contribution is -2.30. The summed E-state index contributed by atoms with van der Waals surface area (Å²) in [5.41, 5.74) is 3.21. The SMILES string of the molecule is CCCNC(c1ccccc1C1CCC1)C(CC)CC. The van der Waals surface area contributed by atoms with E-state index in [2.05, 4.69) is 50.4 Å². The van der Waals surface area contributed by atoms with E-state index < -0.39 is 0 Å². The topological polar surface area (TPSA) is 12.0 Å². The fraction of sp³-hybridized carbons (Fsp3) is 0.684. The normalized spacial score (nSPS) is 17.2. The number of hydrogen-bond donors (Lipinski definition) is 1. The van der Waals surface area contributed by atoms with Gasteiger partial charge in [0.2, 0.25) is 0 Å². The van der Waals surface area contributed by atoms with Gasteiger partial charge in [-0.3, -0.25) is 0 Å². The van der Waals surface area contributed by atoms with Gasteiger partial charge < -0.3 is 5.32 Å². The summed E-state index contributed by atoms with van der Waals surface area (Å²) >= 11 is 0. The monoisotopic (exact) mass is 273 g/mol. The molecule has 0 aliphatic heterocycles. The Morgan fingerprint density at radius 1 is 1.10 bits per heavy atom. The van der Waals surface area contributed by atoms with Crippen LogP contribution in [0.1, 0.15) is 82.4 Å². The van der Waals surface area contributed by atoms with Gasteiger partial charge in [0, 0.05) is 6.04 Å². The molecule has 1 aliphatic rings. The zero-order chi connectivity index (χ0) is 14.4. The van der Waals surface area contributed by atoms with Crippen LogP contribution in [0.4, 0.5) is 0 Å². The minimum absolute atomic E-state index is 0.543. The van der Waals surface area contributed by atoms with E-state index in [4.69, 9.17) is 0 Å². The van der Waals surface area contributed by atoms with Gasteiger partial charge in [-0.25, -0.2) is 0 Å². The molecule has 1 aromatic carbocycles. The van der Waals surface area contributed by atoms with Crippen molar-refractivity contribution >= 4 is 0 Å². The van der Waals surface area contributed by atoms with Crippen LogP contribution in [0.15, 0.2) is 24.3 Å². The van der Waals surface area contributed by atoms with Crippen LogP contribution in [0, 0.1) is 5.92 Å². The second kappa shape index (κ2) is 7.83. The van der Waals surface area contributed by atoms with E-state index in [0.29, 0.717) is 6.04 Å². The quantitative estimate of drug-likeness (QED) is 0.666. The lowest BCUT2D eigenvalue weighted by molar-refractivity contribution is 0.333. The zero-order valence-electron chi connectivity index (χ0n) is 13.5. The average Bonchev–Trinajstić information content (AvgIpc) is 2.43. The molecule has 1 aromatic rings. The molecular weight excluding hydrogens is 242 g/mol. The molecule has 0 aromatic heterocycles. The van der Waals surface area contributed by atoms with Crippen LogP contribution >= 0.6 is 0 Å². The van der Waals surface area contributed by atoms with Gasteiger partial charge in [0.15, 0.2) is 0 Å². The summed E-state index contributed by atoms with van der Waals surface area (Å²) in [5, 5.41) is 3.83. The molecule has 0 amide bonds. The largest absolute Gasteiger partial charge is 0.310 e. The molecule has 1 fully saturated rings. The lowest BCUT2D eigenvalue weighted by atomic mass is 9.75. The summed E-state index contributed by atoms with van der Waals surface area (Å²) in [6.07, 6.45) is 7.92. The number of benzene rings is 1. The maximum absolute atomic E-state index is 3.83. The molecule has 1 N–H and O–H groups in total. The molecule has 1 unspecified atom stereocenters. The smallest absolute Gasteiger partial charge is 0.0351 e. The van der Waals surface area contributed by atoms with Crippen molar-refractivity contribution in [2.75, 3.05) is 6.54 Å². The van der Waals surface area contributed by atoms with Crippen molar-refractivity contribution < 1.29 is 0 Å². The molecule has 0 radical (unpaired) electrons. The number of hydrogen-bond acceptors (Lipinski definition) is 1. The predicted molar refractivity (Wildman–Crippen MR) is 88.1 cm³/mol. The van der Waals surface area contributed by atoms with E-state index in [-0.39, 0.29) is 0 Å². The van der Waals surface area contributed by atoms with Crippen LogP contribution in [0.5, 0.6) is 0 Å². The van der Waals surface area contributed by atoms with E-state index >= 15 is 0 Å². The van der Waals surface area contributed by atoms with E-state index in [1.54, 1.807) is 11.1 Å². The van der Waals surface area contributed by atoms with E-state index in [1.807, 2.05) is 0 Å². The van der Waals surface area contributed by atoms with Gasteiger partial charge in [0.1, 0.15) is 0 Å². The van der Waals surface area contributed by atoms with Crippen LogP contribution in [0.25, 0.3) is 0 Å². The minimum Gasteiger partial charge on any atom is -0.310 e. The molecule has 20 heavy (non-hydrogen) atoms. The first-order chi connectivity index (χ1) is 9.81. The first-order valence-corrected chi connectivity index (χ1v) is 8.63. The summed E-state index contributed by atoms with van der Waals surface area (Å²) < 4.78 is 0. The van der Waals surface area contributed by atoms with Crippen molar-refractivity contribution in [2.45, 2.75) is 71.3 Å². The molecule has 0 heterocycles. The van der Waals surface area contributed by atoms with Crippen LogP contribution in [-0.2, 0) is 0 Å². The van der Waals surface area contributed by atoms with Crippen LogP contribution < -0.4 is 5.32 Å². The van der Waals surface area contributed by atoms with Crippen molar-refractivity contribution in [3.63, 3.8) is 0 Å². The molecule has 0 spiro atoms. The zero-order valence-corrected chi connectivity index (χ0v) is 13.5. The molecule has 1 saturated carbocycles. The van der Waals surface area contributed by atoms with Gasteiger partial charge >= 0.3 is 0 Å². The van der Waals surface area contributed by atoms with Gasteiger partial charge in [0.25, 0.3) is 0 Å². The molecule has 1 aliphatic carbocycles. The first-order valence-electron chi connectivity index (χ1n) is 8.63. The second-order valence-electron chi connectivity index (χ2n) is 6.27. The highest BCUT2D eigenvalue weighted by atomic mass is 14.9. The van der Waals surface area contributed by atoms with Crippen molar-refractivity contribution in [3.05, 3.63) is 35.4 Å². The standard InChI is InChI=1S/C19H31N/c1-4-14-20-19(15(5-2)6-3)18-13-8-7-12-17(18)16-10-9-11-16/h7-8,12-13,15-16,19-20H,4-6,9-11,14H2,1-3H3. The Hall–Kier alpha value is -0.820. The third-order valence-electron chi connectivity index (χ3n) is 5.01. The van der Waals surface area contributed by atoms with Crippen LogP contribution in [0.2, 0.25) is 0 Å². The molecular formula is C19H31N. The highest BCUT2D eigenvalue weighted by Gasteiger charge is 2.27. The van der Waals surface area contributed by atoms with Crippen LogP contribution in [0.3, 0.4) is 0 Å². The second-order valence-corrected chi connectivity index (χ2v) is 6.27. The highest BCUT2D eigenvalue weighted by molar-refractivity contribution is 5.34. The Morgan fingerprint density at radius 3 is 2.35 bits per heavy atom. The third-order valence-corrected chi connectivity index (χ3v) is 5.01. The first kappa shape index (κ1) is 15.6. The fourth-order valence-electron chi connectivity index (χ4n) is 3.48. The van der Waals surface area contributed by atoms with Crippen molar-refractivity contribution in [3.8, 4) is 0 Å². The van der Waals surface area contributed by atoms with Gasteiger partial charge in [-0.1, -0.05) is 64.3 Å². The van der Waals surface area contributed by atoms with Crippen molar-refractivity contribution in [1.82, 2.24) is 5.32 Å². The van der Waals surface area contributed by atoms with Gasteiger partial charge in [-0.2, -0.15) is 0 Å². The average molecular weight is 273 g/mol. The Kier molecular flexibility index (Phi) is 6.09. The maximum Gasteiger partial charge on any atom is 0.0351 e. The maximum atomic E-state index is 3.83. The van der Waals surface area contributed by atoms with Crippen molar-refractivity contribution in [2.24, 2.45) is 5.92 Å². The van der Waals surface area contributed by atoms with Crippen LogP contribution in [-0.4, -0.2) is 6.54 Å². The summed E-state index contributed by atoms with van der Waals surface area (Å²) in [4.78, 5) is 0. The van der Waals surface area contributed by atoms with Crippen molar-refractivity contribution in [1.29, 1.82) is 0 Å². The number of nitrogens with one attached hydrogen (secondary N) is 1. The van der Waals surface area contributed by atoms with E-state index in [0.717, 1.165) is 18.4 Å². The van der Waals surface area contributed by atoms with E-state index in [1.165, 1.54) is 38.5 Å². The molecule has 1 atom stereocenters. The molecule has 0 saturated heterocycles.